The number of hydrogen-bond acceptors (Lipinski definition) is 7. The fraction of sp³-hybridized carbons (Fsp3) is 0.400. The first kappa shape index (κ1) is 22.5. The van der Waals surface area contributed by atoms with E-state index in [0.29, 0.717) is 17.9 Å². The van der Waals surface area contributed by atoms with E-state index in [-0.39, 0.29) is 36.6 Å². The first-order chi connectivity index (χ1) is 16.5. The summed E-state index contributed by atoms with van der Waals surface area (Å²) < 4.78 is 13.7. The monoisotopic (exact) mass is 478 g/mol. The van der Waals surface area contributed by atoms with Gasteiger partial charge in [-0.25, -0.2) is 0 Å². The zero-order chi connectivity index (χ0) is 23.7. The molecule has 0 bridgehead atoms. The van der Waals surface area contributed by atoms with Crippen LogP contribution in [-0.4, -0.2) is 44.5 Å². The van der Waals surface area contributed by atoms with E-state index < -0.39 is 5.41 Å². The number of likely N-dealkylation sites (tertiary alicyclic amines) is 1. The molecule has 1 aromatic heterocycles. The summed E-state index contributed by atoms with van der Waals surface area (Å²) in [5, 5.41) is 2.93. The van der Waals surface area contributed by atoms with Crippen LogP contribution in [-0.2, 0) is 26.3 Å². The molecule has 2 fully saturated rings. The van der Waals surface area contributed by atoms with Crippen LogP contribution in [0.15, 0.2) is 42.5 Å². The molecule has 176 valence electrons. The summed E-state index contributed by atoms with van der Waals surface area (Å²) in [6.07, 6.45) is 3.59. The van der Waals surface area contributed by atoms with Crippen LogP contribution >= 0.6 is 11.7 Å². The number of fused-ring (bicyclic) bond motifs is 1. The highest BCUT2D eigenvalue weighted by Crippen LogP contribution is 2.43. The van der Waals surface area contributed by atoms with E-state index in [4.69, 9.17) is 4.74 Å². The molecular formula is C25H26N4O4S. The van der Waals surface area contributed by atoms with Gasteiger partial charge >= 0.3 is 0 Å². The lowest BCUT2D eigenvalue weighted by Gasteiger charge is -2.29. The van der Waals surface area contributed by atoms with Crippen molar-refractivity contribution in [2.75, 3.05) is 7.11 Å². The van der Waals surface area contributed by atoms with Gasteiger partial charge in [0.1, 0.15) is 16.8 Å². The standard InChI is InChI=1S/C25H26N4O4S/c1-33-19-9-7-17(8-10-19)25(14-23(31)29(24(25)32)18-4-2-3-5-18)13-22(30)26-15-16-6-11-20-21(12-16)28-34-27-20/h6-12,18H,2-5,13-15H2,1H3,(H,26,30). The largest absolute Gasteiger partial charge is 0.497 e. The number of carbonyl (C=O) groups excluding carboxylic acids is 3. The minimum atomic E-state index is -1.21. The Labute approximate surface area is 201 Å². The van der Waals surface area contributed by atoms with Crippen molar-refractivity contribution in [3.8, 4) is 5.75 Å². The summed E-state index contributed by atoms with van der Waals surface area (Å²) in [6, 6.07) is 12.7. The van der Waals surface area contributed by atoms with Crippen LogP contribution in [0.5, 0.6) is 5.75 Å². The van der Waals surface area contributed by atoms with Gasteiger partial charge in [0.15, 0.2) is 0 Å². The van der Waals surface area contributed by atoms with Gasteiger partial charge in [0.25, 0.3) is 0 Å². The van der Waals surface area contributed by atoms with Crippen molar-refractivity contribution in [1.82, 2.24) is 19.0 Å². The first-order valence-electron chi connectivity index (χ1n) is 11.5. The van der Waals surface area contributed by atoms with Crippen molar-refractivity contribution in [3.05, 3.63) is 53.6 Å². The molecule has 3 amide bonds. The van der Waals surface area contributed by atoms with E-state index in [2.05, 4.69) is 14.1 Å². The van der Waals surface area contributed by atoms with E-state index >= 15 is 0 Å². The molecule has 9 heteroatoms. The van der Waals surface area contributed by atoms with Gasteiger partial charge < -0.3 is 10.1 Å². The third-order valence-corrected chi connectivity index (χ3v) is 7.51. The molecule has 0 spiro atoms. The number of carbonyl (C=O) groups is 3. The molecule has 2 aliphatic rings. The number of hydrogen-bond donors (Lipinski definition) is 1. The third kappa shape index (κ3) is 4.04. The summed E-state index contributed by atoms with van der Waals surface area (Å²) in [5.74, 6) is -0.0804. The zero-order valence-corrected chi connectivity index (χ0v) is 19.8. The van der Waals surface area contributed by atoms with Gasteiger partial charge in [-0.3, -0.25) is 19.3 Å². The average Bonchev–Trinajstić information content (AvgIpc) is 3.58. The molecule has 3 aromatic rings. The number of aromatic nitrogens is 2. The Balaban J connectivity index is 1.39. The second-order valence-electron chi connectivity index (χ2n) is 9.04. The molecule has 1 unspecified atom stereocenters. The Morgan fingerprint density at radius 3 is 2.59 bits per heavy atom. The van der Waals surface area contributed by atoms with Gasteiger partial charge in [0, 0.05) is 25.4 Å². The minimum absolute atomic E-state index is 0.00145. The van der Waals surface area contributed by atoms with Crippen LogP contribution < -0.4 is 10.1 Å². The van der Waals surface area contributed by atoms with Crippen molar-refractivity contribution in [3.63, 3.8) is 0 Å². The van der Waals surface area contributed by atoms with E-state index in [9.17, 15) is 14.4 Å². The number of methoxy groups -OCH3 is 1. The van der Waals surface area contributed by atoms with Crippen molar-refractivity contribution < 1.29 is 19.1 Å². The number of rotatable bonds is 7. The molecule has 1 N–H and O–H groups in total. The molecule has 2 heterocycles. The predicted octanol–water partition coefficient (Wildman–Crippen LogP) is 3.35. The number of amides is 3. The third-order valence-electron chi connectivity index (χ3n) is 6.95. The summed E-state index contributed by atoms with van der Waals surface area (Å²) in [7, 11) is 1.57. The van der Waals surface area contributed by atoms with Gasteiger partial charge in [0.2, 0.25) is 17.7 Å². The van der Waals surface area contributed by atoms with Crippen molar-refractivity contribution in [1.29, 1.82) is 0 Å². The van der Waals surface area contributed by atoms with Gasteiger partial charge in [0.05, 0.1) is 24.3 Å². The summed E-state index contributed by atoms with van der Waals surface area (Å²) in [4.78, 5) is 41.4. The smallest absolute Gasteiger partial charge is 0.241 e. The molecule has 1 atom stereocenters. The SMILES string of the molecule is COc1ccc(C2(CC(=O)NCc3ccc4nsnc4c3)CC(=O)N(C3CCCC3)C2=O)cc1. The summed E-state index contributed by atoms with van der Waals surface area (Å²) >= 11 is 1.15. The highest BCUT2D eigenvalue weighted by molar-refractivity contribution is 7.00. The number of ether oxygens (including phenoxy) is 1. The highest BCUT2D eigenvalue weighted by Gasteiger charge is 2.55. The maximum Gasteiger partial charge on any atom is 0.241 e. The number of imide groups is 1. The lowest BCUT2D eigenvalue weighted by Crippen LogP contribution is -2.45. The fourth-order valence-electron chi connectivity index (χ4n) is 5.15. The van der Waals surface area contributed by atoms with Gasteiger partial charge in [-0.05, 0) is 48.2 Å². The van der Waals surface area contributed by atoms with E-state index in [1.165, 1.54) is 4.90 Å². The second kappa shape index (κ2) is 9.13. The summed E-state index contributed by atoms with van der Waals surface area (Å²) in [5.41, 5.74) is 1.96. The van der Waals surface area contributed by atoms with E-state index in [1.807, 2.05) is 18.2 Å². The Kier molecular flexibility index (Phi) is 6.03. The molecule has 1 aliphatic carbocycles. The number of nitrogens with one attached hydrogen (secondary N) is 1. The lowest BCUT2D eigenvalue weighted by molar-refractivity contribution is -0.143. The van der Waals surface area contributed by atoms with Crippen molar-refractivity contribution >= 4 is 40.5 Å². The lowest BCUT2D eigenvalue weighted by atomic mass is 9.75. The maximum atomic E-state index is 13.8. The summed E-state index contributed by atoms with van der Waals surface area (Å²) in [6.45, 7) is 0.305. The Morgan fingerprint density at radius 1 is 1.12 bits per heavy atom. The molecule has 5 rings (SSSR count). The number of benzene rings is 2. The van der Waals surface area contributed by atoms with Crippen LogP contribution in [0.25, 0.3) is 11.0 Å². The van der Waals surface area contributed by atoms with Crippen LogP contribution in [0, 0.1) is 0 Å². The second-order valence-corrected chi connectivity index (χ2v) is 9.56. The molecule has 1 aliphatic heterocycles. The Bertz CT molecular complexity index is 1240. The van der Waals surface area contributed by atoms with E-state index in [0.717, 1.165) is 54.0 Å². The van der Waals surface area contributed by atoms with Crippen molar-refractivity contribution in [2.45, 2.75) is 56.5 Å². The topological polar surface area (TPSA) is 101 Å². The normalized spacial score (nSPS) is 20.9. The Morgan fingerprint density at radius 2 is 1.85 bits per heavy atom. The molecule has 34 heavy (non-hydrogen) atoms. The molecule has 0 radical (unpaired) electrons. The van der Waals surface area contributed by atoms with Crippen LogP contribution in [0.3, 0.4) is 0 Å². The maximum absolute atomic E-state index is 13.8. The molecule has 8 nitrogen and oxygen atoms in total. The van der Waals surface area contributed by atoms with Crippen LogP contribution in [0.1, 0.15) is 49.7 Å². The van der Waals surface area contributed by atoms with Crippen molar-refractivity contribution in [2.24, 2.45) is 0 Å². The molecular weight excluding hydrogens is 452 g/mol. The van der Waals surface area contributed by atoms with Gasteiger partial charge in [-0.1, -0.05) is 31.0 Å². The fourth-order valence-corrected chi connectivity index (χ4v) is 5.66. The average molecular weight is 479 g/mol. The van der Waals surface area contributed by atoms with E-state index in [1.54, 1.807) is 31.4 Å². The number of nitrogens with zero attached hydrogens (tertiary/aromatic N) is 3. The molecule has 1 saturated heterocycles. The molecule has 1 saturated carbocycles. The van der Waals surface area contributed by atoms with Crippen LogP contribution in [0.2, 0.25) is 0 Å². The predicted molar refractivity (Wildman–Crippen MR) is 127 cm³/mol. The van der Waals surface area contributed by atoms with Gasteiger partial charge in [-0.15, -0.1) is 0 Å². The van der Waals surface area contributed by atoms with Gasteiger partial charge in [-0.2, -0.15) is 8.75 Å². The highest BCUT2D eigenvalue weighted by atomic mass is 32.1. The minimum Gasteiger partial charge on any atom is -0.497 e. The zero-order valence-electron chi connectivity index (χ0n) is 19.0. The van der Waals surface area contributed by atoms with Crippen LogP contribution in [0.4, 0.5) is 0 Å². The Hall–Kier alpha value is -3.33. The first-order valence-corrected chi connectivity index (χ1v) is 12.2. The molecule has 2 aromatic carbocycles. The quantitative estimate of drug-likeness (QED) is 0.523.